The molecule has 0 bridgehead atoms. The molecule has 0 atom stereocenters. The standard InChI is InChI=1S/C15H12N6OS2/c1-10-2-4-12(5-3-10)21-15(17-19-20-21)24-9-13-16-14(22-18-13)11-6-7-23-8-11/h2-8H,9H2,1H3. The molecule has 7 nitrogen and oxygen atoms in total. The molecule has 0 amide bonds. The van der Waals surface area contributed by atoms with Gasteiger partial charge < -0.3 is 4.52 Å². The van der Waals surface area contributed by atoms with Crippen LogP contribution in [0.1, 0.15) is 11.4 Å². The average Bonchev–Trinajstić information content (AvgIpc) is 3.34. The predicted molar refractivity (Wildman–Crippen MR) is 91.1 cm³/mol. The molecule has 9 heteroatoms. The van der Waals surface area contributed by atoms with Crippen LogP contribution in [0.2, 0.25) is 0 Å². The predicted octanol–water partition coefficient (Wildman–Crippen LogP) is 3.37. The Bertz CT molecular complexity index is 929. The van der Waals surface area contributed by atoms with Gasteiger partial charge in [-0.2, -0.15) is 21.0 Å². The summed E-state index contributed by atoms with van der Waals surface area (Å²) in [6.07, 6.45) is 0. The minimum atomic E-state index is 0.528. The van der Waals surface area contributed by atoms with Crippen LogP contribution in [0.25, 0.3) is 17.1 Å². The first-order valence-corrected chi connectivity index (χ1v) is 9.06. The van der Waals surface area contributed by atoms with Crippen LogP contribution >= 0.6 is 23.1 Å². The summed E-state index contributed by atoms with van der Waals surface area (Å²) >= 11 is 3.05. The van der Waals surface area contributed by atoms with Gasteiger partial charge in [-0.15, -0.1) is 5.10 Å². The highest BCUT2D eigenvalue weighted by atomic mass is 32.2. The Balaban J connectivity index is 1.49. The van der Waals surface area contributed by atoms with E-state index in [1.54, 1.807) is 16.0 Å². The van der Waals surface area contributed by atoms with Crippen molar-refractivity contribution in [1.82, 2.24) is 30.3 Å². The van der Waals surface area contributed by atoms with Crippen molar-refractivity contribution in [3.63, 3.8) is 0 Å². The maximum absolute atomic E-state index is 5.28. The van der Waals surface area contributed by atoms with Crippen molar-refractivity contribution in [2.45, 2.75) is 17.8 Å². The van der Waals surface area contributed by atoms with E-state index in [0.717, 1.165) is 11.3 Å². The van der Waals surface area contributed by atoms with Crippen molar-refractivity contribution in [3.8, 4) is 17.1 Å². The second kappa shape index (κ2) is 6.54. The first kappa shape index (κ1) is 15.0. The molecule has 4 rings (SSSR count). The summed E-state index contributed by atoms with van der Waals surface area (Å²) in [5.41, 5.74) is 3.04. The van der Waals surface area contributed by atoms with Gasteiger partial charge in [0, 0.05) is 5.38 Å². The highest BCUT2D eigenvalue weighted by Gasteiger charge is 2.13. The topological polar surface area (TPSA) is 82.5 Å². The average molecular weight is 356 g/mol. The van der Waals surface area contributed by atoms with Gasteiger partial charge in [0.25, 0.3) is 5.89 Å². The lowest BCUT2D eigenvalue weighted by molar-refractivity contribution is 0.425. The van der Waals surface area contributed by atoms with Gasteiger partial charge in [-0.3, -0.25) is 0 Å². The van der Waals surface area contributed by atoms with Crippen LogP contribution in [0.4, 0.5) is 0 Å². The highest BCUT2D eigenvalue weighted by Crippen LogP contribution is 2.24. The van der Waals surface area contributed by atoms with Gasteiger partial charge in [0.15, 0.2) is 5.82 Å². The minimum Gasteiger partial charge on any atom is -0.334 e. The number of thiophene rings is 1. The van der Waals surface area contributed by atoms with Crippen LogP contribution in [0.3, 0.4) is 0 Å². The Hall–Kier alpha value is -2.52. The molecule has 1 aromatic carbocycles. The molecule has 0 radical (unpaired) electrons. The number of aryl methyl sites for hydroxylation is 1. The molecule has 0 aliphatic rings. The molecule has 0 aliphatic heterocycles. The normalized spacial score (nSPS) is 11.0. The Labute approximate surface area is 145 Å². The van der Waals surface area contributed by atoms with Crippen LogP contribution in [-0.2, 0) is 5.75 Å². The van der Waals surface area contributed by atoms with Gasteiger partial charge in [-0.25, -0.2) is 0 Å². The van der Waals surface area contributed by atoms with E-state index in [2.05, 4.69) is 25.7 Å². The Kier molecular flexibility index (Phi) is 4.09. The van der Waals surface area contributed by atoms with E-state index in [1.807, 2.05) is 48.0 Å². The number of thioether (sulfide) groups is 1. The minimum absolute atomic E-state index is 0.528. The third-order valence-corrected chi connectivity index (χ3v) is 4.88. The number of aromatic nitrogens is 6. The summed E-state index contributed by atoms with van der Waals surface area (Å²) in [5.74, 6) is 1.67. The fourth-order valence-corrected chi connectivity index (χ4v) is 3.43. The maximum Gasteiger partial charge on any atom is 0.258 e. The van der Waals surface area contributed by atoms with Crippen molar-refractivity contribution >= 4 is 23.1 Å². The fourth-order valence-electron chi connectivity index (χ4n) is 2.06. The molecule has 0 unspecified atom stereocenters. The smallest absolute Gasteiger partial charge is 0.258 e. The van der Waals surface area contributed by atoms with Crippen molar-refractivity contribution < 1.29 is 4.52 Å². The van der Waals surface area contributed by atoms with Crippen LogP contribution < -0.4 is 0 Å². The second-order valence-corrected chi connectivity index (χ2v) is 6.75. The fraction of sp³-hybridized carbons (Fsp3) is 0.133. The van der Waals surface area contributed by atoms with Crippen molar-refractivity contribution in [3.05, 3.63) is 52.5 Å². The van der Waals surface area contributed by atoms with Gasteiger partial charge in [-0.05, 0) is 40.9 Å². The maximum atomic E-state index is 5.28. The molecule has 24 heavy (non-hydrogen) atoms. The summed E-state index contributed by atoms with van der Waals surface area (Å²) in [7, 11) is 0. The molecular weight excluding hydrogens is 344 g/mol. The molecule has 0 saturated carbocycles. The van der Waals surface area contributed by atoms with Gasteiger partial charge in [0.05, 0.1) is 17.0 Å². The zero-order valence-corrected chi connectivity index (χ0v) is 14.3. The van der Waals surface area contributed by atoms with Crippen LogP contribution in [0.5, 0.6) is 0 Å². The van der Waals surface area contributed by atoms with Gasteiger partial charge in [0.1, 0.15) is 0 Å². The number of nitrogens with zero attached hydrogens (tertiary/aromatic N) is 6. The number of rotatable bonds is 5. The lowest BCUT2D eigenvalue weighted by Gasteiger charge is -2.03. The Morgan fingerprint density at radius 1 is 1.21 bits per heavy atom. The van der Waals surface area contributed by atoms with E-state index in [-0.39, 0.29) is 0 Å². The van der Waals surface area contributed by atoms with E-state index in [1.165, 1.54) is 17.3 Å². The number of tetrazole rings is 1. The molecule has 0 saturated heterocycles. The molecule has 0 fully saturated rings. The van der Waals surface area contributed by atoms with E-state index >= 15 is 0 Å². The van der Waals surface area contributed by atoms with Crippen molar-refractivity contribution in [2.24, 2.45) is 0 Å². The second-order valence-electron chi connectivity index (χ2n) is 5.03. The molecule has 4 aromatic rings. The van der Waals surface area contributed by atoms with Crippen LogP contribution in [0.15, 0.2) is 50.8 Å². The summed E-state index contributed by atoms with van der Waals surface area (Å²) < 4.78 is 6.98. The van der Waals surface area contributed by atoms with Crippen molar-refractivity contribution in [2.75, 3.05) is 0 Å². The first-order chi connectivity index (χ1) is 11.8. The Morgan fingerprint density at radius 2 is 2.08 bits per heavy atom. The summed E-state index contributed by atoms with van der Waals surface area (Å²) in [6, 6.07) is 9.97. The molecular formula is C15H12N6OS2. The molecule has 0 N–H and O–H groups in total. The SMILES string of the molecule is Cc1ccc(-n2nnnc2SCc2noc(-c3ccsc3)n2)cc1. The zero-order valence-electron chi connectivity index (χ0n) is 12.7. The summed E-state index contributed by atoms with van der Waals surface area (Å²) in [5, 5.41) is 20.5. The van der Waals surface area contributed by atoms with Crippen LogP contribution in [-0.4, -0.2) is 30.3 Å². The van der Waals surface area contributed by atoms with E-state index in [4.69, 9.17) is 4.52 Å². The molecule has 120 valence electrons. The van der Waals surface area contributed by atoms with Crippen LogP contribution in [0, 0.1) is 6.92 Å². The molecule has 0 aliphatic carbocycles. The van der Waals surface area contributed by atoms with E-state index in [9.17, 15) is 0 Å². The molecule has 3 aromatic heterocycles. The van der Waals surface area contributed by atoms with Gasteiger partial charge in [0.2, 0.25) is 5.16 Å². The number of hydrogen-bond acceptors (Lipinski definition) is 8. The Morgan fingerprint density at radius 3 is 2.88 bits per heavy atom. The third-order valence-electron chi connectivity index (χ3n) is 3.29. The number of hydrogen-bond donors (Lipinski definition) is 0. The first-order valence-electron chi connectivity index (χ1n) is 7.13. The van der Waals surface area contributed by atoms with E-state index < -0.39 is 0 Å². The highest BCUT2D eigenvalue weighted by molar-refractivity contribution is 7.98. The number of benzene rings is 1. The largest absolute Gasteiger partial charge is 0.334 e. The van der Waals surface area contributed by atoms with E-state index in [0.29, 0.717) is 22.6 Å². The summed E-state index contributed by atoms with van der Waals surface area (Å²) in [6.45, 7) is 2.04. The lowest BCUT2D eigenvalue weighted by Crippen LogP contribution is -1.99. The third kappa shape index (κ3) is 3.08. The molecule has 0 spiro atoms. The quantitative estimate of drug-likeness (QED) is 0.507. The summed E-state index contributed by atoms with van der Waals surface area (Å²) in [4.78, 5) is 4.40. The van der Waals surface area contributed by atoms with Gasteiger partial charge >= 0.3 is 0 Å². The van der Waals surface area contributed by atoms with Gasteiger partial charge in [-0.1, -0.05) is 34.6 Å². The lowest BCUT2D eigenvalue weighted by atomic mass is 10.2. The monoisotopic (exact) mass is 356 g/mol. The van der Waals surface area contributed by atoms with Crippen molar-refractivity contribution in [1.29, 1.82) is 0 Å². The zero-order chi connectivity index (χ0) is 16.4. The molecule has 3 heterocycles.